The molecule has 0 aliphatic heterocycles. The molecule has 0 spiro atoms. The molecule has 0 saturated heterocycles. The Labute approximate surface area is 67.4 Å². The summed E-state index contributed by atoms with van der Waals surface area (Å²) in [4.78, 5) is 0. The Bertz CT molecular complexity index is 159. The molecule has 1 nitrogen and oxygen atoms in total. The van der Waals surface area contributed by atoms with Crippen LogP contribution in [0, 0.1) is 5.92 Å². The van der Waals surface area contributed by atoms with Crippen LogP contribution in [0.25, 0.3) is 0 Å². The van der Waals surface area contributed by atoms with Crippen molar-refractivity contribution in [1.29, 1.82) is 0 Å². The summed E-state index contributed by atoms with van der Waals surface area (Å²) in [5, 5.41) is 8.87. The Hall–Kier alpha value is -0.320. The first-order valence-electron chi connectivity index (χ1n) is 3.77. The van der Waals surface area contributed by atoms with Crippen LogP contribution in [0.15, 0.2) is 0 Å². The molecule has 1 N–H and O–H groups in total. The third-order valence-electron chi connectivity index (χ3n) is 2.23. The Balaban J connectivity index is 2.38. The lowest BCUT2D eigenvalue weighted by Crippen LogP contribution is -2.39. The molecule has 0 aromatic rings. The zero-order chi connectivity index (χ0) is 9.35. The number of alkyl halides is 4. The minimum absolute atomic E-state index is 0.420. The molecular weight excluding hydrogens is 176 g/mol. The molecule has 0 bridgehead atoms. The zero-order valence-electron chi connectivity index (χ0n) is 6.31. The molecule has 0 radical (unpaired) electrons. The van der Waals surface area contributed by atoms with Crippen LogP contribution in [-0.4, -0.2) is 23.6 Å². The van der Waals surface area contributed by atoms with Gasteiger partial charge in [0.15, 0.2) is 0 Å². The van der Waals surface area contributed by atoms with E-state index in [9.17, 15) is 17.6 Å². The maximum atomic E-state index is 12.3. The molecule has 72 valence electrons. The van der Waals surface area contributed by atoms with E-state index in [1.165, 1.54) is 0 Å². The highest BCUT2D eigenvalue weighted by molar-refractivity contribution is 4.85. The van der Waals surface area contributed by atoms with Crippen molar-refractivity contribution >= 4 is 0 Å². The van der Waals surface area contributed by atoms with Gasteiger partial charge in [-0.1, -0.05) is 0 Å². The van der Waals surface area contributed by atoms with E-state index >= 15 is 0 Å². The summed E-state index contributed by atoms with van der Waals surface area (Å²) in [5.41, 5.74) is 0. The van der Waals surface area contributed by atoms with Crippen LogP contribution in [-0.2, 0) is 0 Å². The van der Waals surface area contributed by atoms with Crippen LogP contribution < -0.4 is 0 Å². The number of hydrogen-bond acceptors (Lipinski definition) is 1. The first-order valence-corrected chi connectivity index (χ1v) is 3.77. The fraction of sp³-hybridized carbons (Fsp3) is 1.00. The van der Waals surface area contributed by atoms with Crippen LogP contribution in [0.5, 0.6) is 0 Å². The topological polar surface area (TPSA) is 20.2 Å². The van der Waals surface area contributed by atoms with Crippen LogP contribution >= 0.6 is 0 Å². The van der Waals surface area contributed by atoms with E-state index in [0.717, 1.165) is 0 Å². The second-order valence-corrected chi connectivity index (χ2v) is 3.17. The molecule has 1 rings (SSSR count). The average Bonchev–Trinajstić information content (AvgIpc) is 1.97. The Morgan fingerprint density at radius 2 is 1.92 bits per heavy atom. The average molecular weight is 186 g/mol. The van der Waals surface area contributed by atoms with Gasteiger partial charge in [-0.25, -0.2) is 17.6 Å². The van der Waals surface area contributed by atoms with Gasteiger partial charge in [0.2, 0.25) is 0 Å². The van der Waals surface area contributed by atoms with Gasteiger partial charge in [0.25, 0.3) is 0 Å². The van der Waals surface area contributed by atoms with Crippen molar-refractivity contribution in [3.05, 3.63) is 0 Å². The molecule has 12 heavy (non-hydrogen) atoms. The molecule has 1 saturated carbocycles. The van der Waals surface area contributed by atoms with Crippen LogP contribution in [0.1, 0.15) is 19.3 Å². The third kappa shape index (κ3) is 1.88. The lowest BCUT2D eigenvalue weighted by Gasteiger charge is -2.34. The number of halogens is 4. The molecule has 2 atom stereocenters. The minimum atomic E-state index is -3.94. The van der Waals surface area contributed by atoms with E-state index in [2.05, 4.69) is 0 Å². The number of rotatable bonds is 3. The Morgan fingerprint density at radius 3 is 2.17 bits per heavy atom. The van der Waals surface area contributed by atoms with Crippen molar-refractivity contribution in [1.82, 2.24) is 0 Å². The van der Waals surface area contributed by atoms with Crippen LogP contribution in [0.3, 0.4) is 0 Å². The third-order valence-corrected chi connectivity index (χ3v) is 2.23. The lowest BCUT2D eigenvalue weighted by atomic mass is 9.78. The van der Waals surface area contributed by atoms with E-state index in [1.54, 1.807) is 0 Å². The fourth-order valence-corrected chi connectivity index (χ4v) is 1.23. The quantitative estimate of drug-likeness (QED) is 0.669. The molecule has 1 fully saturated rings. The highest BCUT2D eigenvalue weighted by Crippen LogP contribution is 2.39. The molecular formula is C7H10F4O. The van der Waals surface area contributed by atoms with Crippen molar-refractivity contribution in [2.75, 3.05) is 0 Å². The molecule has 1 aliphatic carbocycles. The number of aliphatic hydroxyl groups is 1. The van der Waals surface area contributed by atoms with E-state index in [0.29, 0.717) is 12.8 Å². The standard InChI is InChI=1S/C7H10F4O/c8-6(9)7(10,11)3-4-1-2-5(4)12/h4-6,12H,1-3H2. The van der Waals surface area contributed by atoms with Gasteiger partial charge in [-0.3, -0.25) is 0 Å². The van der Waals surface area contributed by atoms with Crippen LogP contribution in [0.4, 0.5) is 17.6 Å². The summed E-state index contributed by atoms with van der Waals surface area (Å²) < 4.78 is 47.9. The van der Waals surface area contributed by atoms with Crippen molar-refractivity contribution < 1.29 is 22.7 Å². The van der Waals surface area contributed by atoms with Gasteiger partial charge in [0.05, 0.1) is 6.10 Å². The first-order chi connectivity index (χ1) is 5.43. The maximum Gasteiger partial charge on any atom is 0.307 e. The Kier molecular flexibility index (Phi) is 2.61. The molecule has 1 aliphatic rings. The fourth-order valence-electron chi connectivity index (χ4n) is 1.23. The van der Waals surface area contributed by atoms with Crippen LogP contribution in [0.2, 0.25) is 0 Å². The molecule has 0 amide bonds. The van der Waals surface area contributed by atoms with E-state index in [-0.39, 0.29) is 0 Å². The normalized spacial score (nSPS) is 30.5. The monoisotopic (exact) mass is 186 g/mol. The molecule has 2 unspecified atom stereocenters. The first kappa shape index (κ1) is 9.77. The summed E-state index contributed by atoms with van der Waals surface area (Å²) in [5.74, 6) is -4.58. The smallest absolute Gasteiger partial charge is 0.307 e. The zero-order valence-corrected chi connectivity index (χ0v) is 6.31. The minimum Gasteiger partial charge on any atom is -0.393 e. The van der Waals surface area contributed by atoms with Gasteiger partial charge in [-0.05, 0) is 18.8 Å². The summed E-state index contributed by atoms with van der Waals surface area (Å²) >= 11 is 0. The van der Waals surface area contributed by atoms with Crippen molar-refractivity contribution in [3.63, 3.8) is 0 Å². The largest absolute Gasteiger partial charge is 0.393 e. The van der Waals surface area contributed by atoms with Crippen molar-refractivity contribution in [2.24, 2.45) is 5.92 Å². The van der Waals surface area contributed by atoms with E-state index in [4.69, 9.17) is 5.11 Å². The second kappa shape index (κ2) is 3.20. The maximum absolute atomic E-state index is 12.3. The predicted octanol–water partition coefficient (Wildman–Crippen LogP) is 2.05. The molecule has 5 heteroatoms. The van der Waals surface area contributed by atoms with Gasteiger partial charge in [0, 0.05) is 6.42 Å². The highest BCUT2D eigenvalue weighted by atomic mass is 19.3. The lowest BCUT2D eigenvalue weighted by molar-refractivity contribution is -0.157. The highest BCUT2D eigenvalue weighted by Gasteiger charge is 2.46. The van der Waals surface area contributed by atoms with E-state index in [1.807, 2.05) is 0 Å². The summed E-state index contributed by atoms with van der Waals surface area (Å²) in [7, 11) is 0. The summed E-state index contributed by atoms with van der Waals surface area (Å²) in [6, 6.07) is 0. The van der Waals surface area contributed by atoms with Gasteiger partial charge < -0.3 is 5.11 Å². The summed E-state index contributed by atoms with van der Waals surface area (Å²) in [6.07, 6.45) is -4.46. The van der Waals surface area contributed by atoms with Crippen molar-refractivity contribution in [3.8, 4) is 0 Å². The molecule has 0 heterocycles. The van der Waals surface area contributed by atoms with Gasteiger partial charge in [-0.15, -0.1) is 0 Å². The second-order valence-electron chi connectivity index (χ2n) is 3.17. The van der Waals surface area contributed by atoms with Gasteiger partial charge in [-0.2, -0.15) is 0 Å². The van der Waals surface area contributed by atoms with Gasteiger partial charge >= 0.3 is 12.3 Å². The number of hydrogen-bond donors (Lipinski definition) is 1. The molecule has 0 aromatic heterocycles. The summed E-state index contributed by atoms with van der Waals surface area (Å²) in [6.45, 7) is 0. The SMILES string of the molecule is OC1CCC1CC(F)(F)C(F)F. The number of aliphatic hydroxyl groups excluding tert-OH is 1. The van der Waals surface area contributed by atoms with E-state index < -0.39 is 30.8 Å². The Morgan fingerprint density at radius 1 is 1.33 bits per heavy atom. The molecule has 0 aromatic carbocycles. The predicted molar refractivity (Wildman–Crippen MR) is 34.3 cm³/mol. The van der Waals surface area contributed by atoms with Crippen molar-refractivity contribution in [2.45, 2.75) is 37.7 Å². The van der Waals surface area contributed by atoms with Gasteiger partial charge in [0.1, 0.15) is 0 Å².